The highest BCUT2D eigenvalue weighted by molar-refractivity contribution is 6.01. The van der Waals surface area contributed by atoms with Gasteiger partial charge in [0.1, 0.15) is 11.6 Å². The number of rotatable bonds is 6. The Hall–Kier alpha value is -3.45. The fraction of sp³-hybridized carbons (Fsp3) is 0.100. The van der Waals surface area contributed by atoms with Crippen molar-refractivity contribution in [3.63, 3.8) is 0 Å². The molecule has 3 amide bonds. The van der Waals surface area contributed by atoms with E-state index in [1.54, 1.807) is 24.5 Å². The first-order valence-corrected chi connectivity index (χ1v) is 8.30. The van der Waals surface area contributed by atoms with Gasteiger partial charge < -0.3 is 9.73 Å². The van der Waals surface area contributed by atoms with E-state index < -0.39 is 17.8 Å². The minimum absolute atomic E-state index is 0.00601. The molecule has 0 bridgehead atoms. The van der Waals surface area contributed by atoms with Gasteiger partial charge in [-0.05, 0) is 29.8 Å². The smallest absolute Gasteiger partial charge is 0.326 e. The van der Waals surface area contributed by atoms with Crippen LogP contribution in [0, 0.1) is 5.82 Å². The number of halogens is 1. The van der Waals surface area contributed by atoms with Crippen molar-refractivity contribution in [3.05, 3.63) is 90.1 Å². The number of hydrogen-bond acceptors (Lipinski definition) is 4. The highest BCUT2D eigenvalue weighted by Crippen LogP contribution is 2.21. The minimum Gasteiger partial charge on any atom is -0.467 e. The average Bonchev–Trinajstić information content (AvgIpc) is 3.19. The Morgan fingerprint density at radius 1 is 0.963 bits per heavy atom. The molecule has 1 aromatic heterocycles. The van der Waals surface area contributed by atoms with E-state index in [-0.39, 0.29) is 18.3 Å². The lowest BCUT2D eigenvalue weighted by atomic mass is 10.0. The van der Waals surface area contributed by atoms with E-state index in [1.807, 2.05) is 30.3 Å². The van der Waals surface area contributed by atoms with Gasteiger partial charge >= 0.3 is 6.03 Å². The quantitative estimate of drug-likeness (QED) is 0.623. The average molecular weight is 367 g/mol. The van der Waals surface area contributed by atoms with E-state index in [4.69, 9.17) is 4.42 Å². The summed E-state index contributed by atoms with van der Waals surface area (Å²) in [5, 5.41) is 7.51. The lowest BCUT2D eigenvalue weighted by Crippen LogP contribution is -2.41. The van der Waals surface area contributed by atoms with E-state index in [0.29, 0.717) is 5.76 Å². The Balaban J connectivity index is 1.58. The number of urea groups is 1. The van der Waals surface area contributed by atoms with E-state index in [1.165, 1.54) is 18.2 Å². The van der Waals surface area contributed by atoms with E-state index in [2.05, 4.69) is 16.0 Å². The standard InChI is InChI=1S/C20H18FN3O3/c21-15-9-4-5-10-16(15)23-20(26)24-18(25)13-22-19(17-11-6-12-27-17)14-7-2-1-3-8-14/h1-12,19,22H,13H2,(H2,23,24,25,26)/t19-/m0/s1. The molecule has 0 radical (unpaired) electrons. The molecule has 1 heterocycles. The predicted octanol–water partition coefficient (Wildman–Crippen LogP) is 3.45. The molecule has 0 saturated heterocycles. The molecule has 3 N–H and O–H groups in total. The van der Waals surface area contributed by atoms with Gasteiger partial charge in [0.15, 0.2) is 0 Å². The van der Waals surface area contributed by atoms with Crippen LogP contribution in [0.15, 0.2) is 77.4 Å². The van der Waals surface area contributed by atoms with Gasteiger partial charge in [-0.25, -0.2) is 9.18 Å². The summed E-state index contributed by atoms with van der Waals surface area (Å²) in [4.78, 5) is 23.9. The van der Waals surface area contributed by atoms with Crippen LogP contribution < -0.4 is 16.0 Å². The first-order chi connectivity index (χ1) is 13.1. The number of imide groups is 1. The summed E-state index contributed by atoms with van der Waals surface area (Å²) < 4.78 is 19.0. The topological polar surface area (TPSA) is 83.4 Å². The zero-order chi connectivity index (χ0) is 19.1. The summed E-state index contributed by atoms with van der Waals surface area (Å²) in [5.41, 5.74) is 0.907. The summed E-state index contributed by atoms with van der Waals surface area (Å²) >= 11 is 0. The van der Waals surface area contributed by atoms with Crippen LogP contribution in [0.4, 0.5) is 14.9 Å². The number of hydrogen-bond donors (Lipinski definition) is 3. The van der Waals surface area contributed by atoms with E-state index in [0.717, 1.165) is 5.56 Å². The number of furan rings is 1. The van der Waals surface area contributed by atoms with Crippen molar-refractivity contribution < 1.29 is 18.4 Å². The maximum Gasteiger partial charge on any atom is 0.326 e. The number of nitrogens with one attached hydrogen (secondary N) is 3. The second-order valence-electron chi connectivity index (χ2n) is 5.72. The molecule has 3 aromatic rings. The molecule has 6 nitrogen and oxygen atoms in total. The highest BCUT2D eigenvalue weighted by atomic mass is 19.1. The lowest BCUT2D eigenvalue weighted by Gasteiger charge is -2.17. The molecule has 0 aliphatic heterocycles. The largest absolute Gasteiger partial charge is 0.467 e. The lowest BCUT2D eigenvalue weighted by molar-refractivity contribution is -0.119. The monoisotopic (exact) mass is 367 g/mol. The van der Waals surface area contributed by atoms with Crippen molar-refractivity contribution >= 4 is 17.6 Å². The summed E-state index contributed by atoms with van der Waals surface area (Å²) in [5.74, 6) is -0.499. The molecule has 0 unspecified atom stereocenters. The normalized spacial score (nSPS) is 11.6. The third-order valence-corrected chi connectivity index (χ3v) is 3.80. The van der Waals surface area contributed by atoms with Crippen molar-refractivity contribution in [2.24, 2.45) is 0 Å². The van der Waals surface area contributed by atoms with Crippen LogP contribution in [0.1, 0.15) is 17.4 Å². The second-order valence-corrected chi connectivity index (χ2v) is 5.72. The first kappa shape index (κ1) is 18.3. The maximum atomic E-state index is 13.5. The molecule has 7 heteroatoms. The molecule has 27 heavy (non-hydrogen) atoms. The van der Waals surface area contributed by atoms with Gasteiger partial charge in [-0.3, -0.25) is 15.4 Å². The van der Waals surface area contributed by atoms with Crippen LogP contribution in [-0.2, 0) is 4.79 Å². The van der Waals surface area contributed by atoms with Gasteiger partial charge in [0.2, 0.25) is 5.91 Å². The number of para-hydroxylation sites is 1. The maximum absolute atomic E-state index is 13.5. The summed E-state index contributed by atoms with van der Waals surface area (Å²) in [6.07, 6.45) is 1.55. The molecule has 0 spiro atoms. The Kier molecular flexibility index (Phi) is 5.96. The number of carbonyl (C=O) groups is 2. The van der Waals surface area contributed by atoms with E-state index in [9.17, 15) is 14.0 Å². The van der Waals surface area contributed by atoms with Crippen LogP contribution in [0.5, 0.6) is 0 Å². The molecule has 0 aliphatic carbocycles. The molecule has 2 aromatic carbocycles. The molecule has 0 saturated carbocycles. The van der Waals surface area contributed by atoms with Crippen molar-refractivity contribution in [1.29, 1.82) is 0 Å². The molecule has 3 rings (SSSR count). The van der Waals surface area contributed by atoms with Gasteiger partial charge in [0, 0.05) is 0 Å². The summed E-state index contributed by atoms with van der Waals surface area (Å²) in [6.45, 7) is -0.134. The highest BCUT2D eigenvalue weighted by Gasteiger charge is 2.18. The van der Waals surface area contributed by atoms with Crippen LogP contribution in [0.2, 0.25) is 0 Å². The molecular formula is C20H18FN3O3. The number of anilines is 1. The second kappa shape index (κ2) is 8.77. The van der Waals surface area contributed by atoms with Crippen LogP contribution >= 0.6 is 0 Å². The predicted molar refractivity (Wildman–Crippen MR) is 98.6 cm³/mol. The van der Waals surface area contributed by atoms with Gasteiger partial charge in [-0.1, -0.05) is 42.5 Å². The summed E-state index contributed by atoms with van der Waals surface area (Å²) in [6, 6.07) is 17.6. The van der Waals surface area contributed by atoms with Crippen molar-refractivity contribution in [2.75, 3.05) is 11.9 Å². The fourth-order valence-corrected chi connectivity index (χ4v) is 2.57. The number of benzene rings is 2. The van der Waals surface area contributed by atoms with Crippen molar-refractivity contribution in [3.8, 4) is 0 Å². The molecule has 0 aliphatic rings. The Labute approximate surface area is 155 Å². The molecule has 0 fully saturated rings. The fourth-order valence-electron chi connectivity index (χ4n) is 2.57. The molecule has 138 valence electrons. The third-order valence-electron chi connectivity index (χ3n) is 3.80. The van der Waals surface area contributed by atoms with Gasteiger partial charge in [0.25, 0.3) is 0 Å². The van der Waals surface area contributed by atoms with Gasteiger partial charge in [-0.15, -0.1) is 0 Å². The zero-order valence-corrected chi connectivity index (χ0v) is 14.3. The molecule has 1 atom stereocenters. The molecular weight excluding hydrogens is 349 g/mol. The Morgan fingerprint density at radius 3 is 2.41 bits per heavy atom. The first-order valence-electron chi connectivity index (χ1n) is 8.30. The van der Waals surface area contributed by atoms with Crippen LogP contribution in [0.25, 0.3) is 0 Å². The SMILES string of the molecule is O=C(CN[C@@H](c1ccccc1)c1ccco1)NC(=O)Nc1ccccc1F. The minimum atomic E-state index is -0.804. The van der Waals surface area contributed by atoms with Crippen molar-refractivity contribution in [1.82, 2.24) is 10.6 Å². The van der Waals surface area contributed by atoms with Crippen molar-refractivity contribution in [2.45, 2.75) is 6.04 Å². The van der Waals surface area contributed by atoms with Crippen LogP contribution in [0.3, 0.4) is 0 Å². The van der Waals surface area contributed by atoms with E-state index >= 15 is 0 Å². The number of carbonyl (C=O) groups excluding carboxylic acids is 2. The third kappa shape index (κ3) is 5.02. The zero-order valence-electron chi connectivity index (χ0n) is 14.3. The Morgan fingerprint density at radius 2 is 1.70 bits per heavy atom. The van der Waals surface area contributed by atoms with Gasteiger partial charge in [0.05, 0.1) is 24.5 Å². The summed E-state index contributed by atoms with van der Waals surface area (Å²) in [7, 11) is 0. The Bertz CT molecular complexity index is 898. The van der Waals surface area contributed by atoms with Crippen LogP contribution in [-0.4, -0.2) is 18.5 Å². The number of amides is 3. The van der Waals surface area contributed by atoms with Gasteiger partial charge in [-0.2, -0.15) is 0 Å².